The molecule has 0 radical (unpaired) electrons. The number of carbonyl (C=O) groups is 2. The van der Waals surface area contributed by atoms with E-state index in [-0.39, 0.29) is 13.0 Å². The van der Waals surface area contributed by atoms with E-state index in [2.05, 4.69) is 4.98 Å². The lowest BCUT2D eigenvalue weighted by Crippen LogP contribution is -2.40. The zero-order chi connectivity index (χ0) is 25.3. The monoisotopic (exact) mass is 494 g/mol. The topological polar surface area (TPSA) is 111 Å². The van der Waals surface area contributed by atoms with E-state index in [0.717, 1.165) is 28.1 Å². The van der Waals surface area contributed by atoms with Crippen molar-refractivity contribution in [2.75, 3.05) is 32.9 Å². The van der Waals surface area contributed by atoms with Crippen molar-refractivity contribution in [3.8, 4) is 17.2 Å². The highest BCUT2D eigenvalue weighted by Gasteiger charge is 2.19. The molecule has 2 heterocycles. The summed E-state index contributed by atoms with van der Waals surface area (Å²) in [5, 5.41) is 9.09. The number of carboxylic acids is 1. The van der Waals surface area contributed by atoms with Crippen LogP contribution in [0.15, 0.2) is 52.9 Å². The molecule has 4 rings (SSSR count). The molecule has 1 saturated heterocycles. The summed E-state index contributed by atoms with van der Waals surface area (Å²) in [6.45, 7) is 4.24. The lowest BCUT2D eigenvalue weighted by Gasteiger charge is -2.26. The summed E-state index contributed by atoms with van der Waals surface area (Å²) in [5.74, 6) is 1.05. The zero-order valence-electron chi connectivity index (χ0n) is 20.3. The summed E-state index contributed by atoms with van der Waals surface area (Å²) < 4.78 is 22.6. The van der Waals surface area contributed by atoms with Gasteiger partial charge in [-0.2, -0.15) is 0 Å². The highest BCUT2D eigenvalue weighted by Crippen LogP contribution is 2.23. The van der Waals surface area contributed by atoms with Crippen LogP contribution in [0.4, 0.5) is 4.79 Å². The molecule has 0 aliphatic carbocycles. The van der Waals surface area contributed by atoms with Gasteiger partial charge in [-0.05, 0) is 48.7 Å². The lowest BCUT2D eigenvalue weighted by molar-refractivity contribution is -0.136. The molecule has 1 fully saturated rings. The minimum absolute atomic E-state index is 0.0141. The fourth-order valence-corrected chi connectivity index (χ4v) is 3.92. The molecule has 0 bridgehead atoms. The van der Waals surface area contributed by atoms with Gasteiger partial charge in [0, 0.05) is 31.5 Å². The number of aliphatic carboxylic acids is 1. The van der Waals surface area contributed by atoms with Crippen LogP contribution < -0.4 is 4.74 Å². The Labute approximate surface area is 209 Å². The third-order valence-electron chi connectivity index (χ3n) is 5.93. The smallest absolute Gasteiger partial charge is 0.410 e. The molecule has 9 heteroatoms. The number of ether oxygens (including phenoxy) is 3. The molecule has 1 aromatic heterocycles. The van der Waals surface area contributed by atoms with Crippen LogP contribution in [-0.2, 0) is 33.7 Å². The Kier molecular flexibility index (Phi) is 8.57. The molecule has 1 N–H and O–H groups in total. The maximum absolute atomic E-state index is 12.4. The Hall–Kier alpha value is -3.85. The molecule has 190 valence electrons. The summed E-state index contributed by atoms with van der Waals surface area (Å²) in [7, 11) is 0. The second-order valence-electron chi connectivity index (χ2n) is 8.46. The first-order chi connectivity index (χ1) is 17.5. The number of morpholine rings is 1. The number of aromatic nitrogens is 1. The van der Waals surface area contributed by atoms with E-state index in [1.54, 1.807) is 17.0 Å². The van der Waals surface area contributed by atoms with E-state index in [4.69, 9.17) is 23.7 Å². The van der Waals surface area contributed by atoms with Gasteiger partial charge in [-0.15, -0.1) is 0 Å². The predicted molar refractivity (Wildman–Crippen MR) is 131 cm³/mol. The third-order valence-corrected chi connectivity index (χ3v) is 5.93. The molecular formula is C27H30N2O7. The maximum Gasteiger partial charge on any atom is 0.410 e. The van der Waals surface area contributed by atoms with Gasteiger partial charge >= 0.3 is 12.1 Å². The summed E-state index contributed by atoms with van der Waals surface area (Å²) in [6.07, 6.45) is 0.467. The third kappa shape index (κ3) is 6.85. The van der Waals surface area contributed by atoms with Crippen LogP contribution >= 0.6 is 0 Å². The summed E-state index contributed by atoms with van der Waals surface area (Å²) in [4.78, 5) is 29.7. The Morgan fingerprint density at radius 2 is 1.83 bits per heavy atom. The Morgan fingerprint density at radius 3 is 2.58 bits per heavy atom. The van der Waals surface area contributed by atoms with Gasteiger partial charge in [0.2, 0.25) is 5.89 Å². The van der Waals surface area contributed by atoms with Gasteiger partial charge in [0.1, 0.15) is 18.1 Å². The van der Waals surface area contributed by atoms with Crippen LogP contribution in [-0.4, -0.2) is 60.0 Å². The predicted octanol–water partition coefficient (Wildman–Crippen LogP) is 4.26. The molecule has 2 aromatic carbocycles. The van der Waals surface area contributed by atoms with E-state index in [0.29, 0.717) is 57.4 Å². The minimum Gasteiger partial charge on any atom is -0.493 e. The van der Waals surface area contributed by atoms with Crippen molar-refractivity contribution in [3.05, 3.63) is 71.1 Å². The zero-order valence-corrected chi connectivity index (χ0v) is 20.3. The van der Waals surface area contributed by atoms with E-state index < -0.39 is 12.1 Å². The first kappa shape index (κ1) is 25.2. The number of oxazole rings is 1. The fourth-order valence-electron chi connectivity index (χ4n) is 3.92. The highest BCUT2D eigenvalue weighted by atomic mass is 16.6. The Bertz CT molecular complexity index is 1170. The van der Waals surface area contributed by atoms with Crippen molar-refractivity contribution < 1.29 is 33.3 Å². The number of benzene rings is 2. The van der Waals surface area contributed by atoms with Crippen LogP contribution in [0.5, 0.6) is 5.75 Å². The summed E-state index contributed by atoms with van der Waals surface area (Å²) in [6, 6.07) is 15.1. The second kappa shape index (κ2) is 12.2. The van der Waals surface area contributed by atoms with Crippen LogP contribution in [0.3, 0.4) is 0 Å². The quantitative estimate of drug-likeness (QED) is 0.445. The first-order valence-corrected chi connectivity index (χ1v) is 12.0. The number of aryl methyl sites for hydroxylation is 2. The molecule has 0 spiro atoms. The average Bonchev–Trinajstić information content (AvgIpc) is 3.27. The molecule has 9 nitrogen and oxygen atoms in total. The molecular weight excluding hydrogens is 464 g/mol. The fraction of sp³-hybridized carbons (Fsp3) is 0.370. The van der Waals surface area contributed by atoms with Crippen molar-refractivity contribution in [1.82, 2.24) is 9.88 Å². The van der Waals surface area contributed by atoms with Crippen LogP contribution in [0, 0.1) is 6.92 Å². The standard InChI is InChI=1S/C27H30N2O7/c1-19-24(28-26(36-19)21-5-3-2-4-6-21)11-14-34-23-9-7-20(8-10-25(30)31)22(17-23)18-35-27(32)29-12-15-33-16-13-29/h2-7,9,17H,8,10-16,18H2,1H3,(H,30,31). The van der Waals surface area contributed by atoms with E-state index in [1.807, 2.05) is 43.3 Å². The van der Waals surface area contributed by atoms with Crippen molar-refractivity contribution in [2.45, 2.75) is 32.8 Å². The number of carbonyl (C=O) groups excluding carboxylic acids is 1. The number of amides is 1. The van der Waals surface area contributed by atoms with Crippen LogP contribution in [0.25, 0.3) is 11.5 Å². The largest absolute Gasteiger partial charge is 0.493 e. The van der Waals surface area contributed by atoms with Crippen molar-refractivity contribution in [3.63, 3.8) is 0 Å². The molecule has 0 atom stereocenters. The van der Waals surface area contributed by atoms with Crippen LogP contribution in [0.1, 0.15) is 29.0 Å². The van der Waals surface area contributed by atoms with Gasteiger partial charge in [-0.3, -0.25) is 4.79 Å². The molecule has 36 heavy (non-hydrogen) atoms. The van der Waals surface area contributed by atoms with Crippen molar-refractivity contribution in [1.29, 1.82) is 0 Å². The molecule has 1 aliphatic rings. The molecule has 3 aromatic rings. The van der Waals surface area contributed by atoms with E-state index >= 15 is 0 Å². The Balaban J connectivity index is 1.38. The second-order valence-corrected chi connectivity index (χ2v) is 8.46. The molecule has 1 amide bonds. The normalized spacial score (nSPS) is 13.4. The van der Waals surface area contributed by atoms with Gasteiger partial charge in [0.25, 0.3) is 0 Å². The van der Waals surface area contributed by atoms with Crippen molar-refractivity contribution >= 4 is 12.1 Å². The summed E-state index contributed by atoms with van der Waals surface area (Å²) in [5.41, 5.74) is 3.27. The minimum atomic E-state index is -0.885. The number of rotatable bonds is 10. The van der Waals surface area contributed by atoms with E-state index in [9.17, 15) is 9.59 Å². The molecule has 0 unspecified atom stereocenters. The van der Waals surface area contributed by atoms with E-state index in [1.165, 1.54) is 0 Å². The Morgan fingerprint density at radius 1 is 1.06 bits per heavy atom. The van der Waals surface area contributed by atoms with Gasteiger partial charge in [0.05, 0.1) is 25.5 Å². The van der Waals surface area contributed by atoms with Gasteiger partial charge in [-0.25, -0.2) is 9.78 Å². The SMILES string of the molecule is Cc1oc(-c2ccccc2)nc1CCOc1ccc(CCC(=O)O)c(COC(=O)N2CCOCC2)c1. The molecule has 0 saturated carbocycles. The number of hydrogen-bond donors (Lipinski definition) is 1. The van der Waals surface area contributed by atoms with Crippen molar-refractivity contribution in [2.24, 2.45) is 0 Å². The van der Waals surface area contributed by atoms with Gasteiger partial charge in [-0.1, -0.05) is 24.3 Å². The average molecular weight is 495 g/mol. The molecule has 1 aliphatic heterocycles. The number of nitrogens with zero attached hydrogens (tertiary/aromatic N) is 2. The number of hydrogen-bond acceptors (Lipinski definition) is 7. The van der Waals surface area contributed by atoms with Crippen LogP contribution in [0.2, 0.25) is 0 Å². The lowest BCUT2D eigenvalue weighted by atomic mass is 10.0. The maximum atomic E-state index is 12.4. The highest BCUT2D eigenvalue weighted by molar-refractivity contribution is 5.68. The van der Waals surface area contributed by atoms with Gasteiger partial charge < -0.3 is 28.6 Å². The summed E-state index contributed by atoms with van der Waals surface area (Å²) >= 11 is 0. The first-order valence-electron chi connectivity index (χ1n) is 12.0. The number of carboxylic acid groups (broad SMARTS) is 1. The van der Waals surface area contributed by atoms with Gasteiger partial charge in [0.15, 0.2) is 0 Å².